The molecule has 3 heterocycles. The number of morpholine rings is 1. The number of aliphatic hydroxyl groups excluding tert-OH is 1. The van der Waals surface area contributed by atoms with Crippen LogP contribution in [-0.4, -0.2) is 44.1 Å². The third-order valence-electron chi connectivity index (χ3n) is 4.81. The number of thioether (sulfide) groups is 1. The van der Waals surface area contributed by atoms with E-state index in [1.807, 2.05) is 13.8 Å². The zero-order valence-electron chi connectivity index (χ0n) is 16.2. The molecule has 0 bridgehead atoms. The van der Waals surface area contributed by atoms with Crippen molar-refractivity contribution < 1.29 is 24.3 Å². The summed E-state index contributed by atoms with van der Waals surface area (Å²) >= 11 is 1.31. The number of aromatic nitrogens is 1. The maximum Gasteiger partial charge on any atom is 0.286 e. The number of nitrogens with zero attached hydrogens (tertiary/aromatic N) is 2. The summed E-state index contributed by atoms with van der Waals surface area (Å²) < 4.78 is 16.4. The van der Waals surface area contributed by atoms with Crippen LogP contribution in [0.5, 0.6) is 0 Å². The van der Waals surface area contributed by atoms with E-state index in [9.17, 15) is 10.4 Å². The van der Waals surface area contributed by atoms with Gasteiger partial charge in [-0.3, -0.25) is 4.90 Å². The number of rotatable bonds is 4. The molecule has 146 valence electrons. The molecule has 1 aromatic heterocycles. The Kier molecular flexibility index (Phi) is 5.84. The summed E-state index contributed by atoms with van der Waals surface area (Å²) in [5.41, 5.74) is 2.33. The van der Waals surface area contributed by atoms with E-state index in [1.165, 1.54) is 18.9 Å². The first-order chi connectivity index (χ1) is 12.9. The van der Waals surface area contributed by atoms with Crippen LogP contribution in [0.2, 0.25) is 0 Å². The normalized spacial score (nSPS) is 19.7. The van der Waals surface area contributed by atoms with Crippen LogP contribution < -0.4 is 9.88 Å². The molecule has 0 aromatic carbocycles. The fourth-order valence-electron chi connectivity index (χ4n) is 3.36. The maximum absolute atomic E-state index is 9.89. The summed E-state index contributed by atoms with van der Waals surface area (Å²) in [5.74, 6) is 0.821. The van der Waals surface area contributed by atoms with Gasteiger partial charge in [0.1, 0.15) is 24.7 Å². The van der Waals surface area contributed by atoms with Crippen molar-refractivity contribution in [3.05, 3.63) is 27.5 Å². The summed E-state index contributed by atoms with van der Waals surface area (Å²) in [6.07, 6.45) is 0.657. The van der Waals surface area contributed by atoms with Gasteiger partial charge in [-0.05, 0) is 38.1 Å². The molecule has 0 atom stereocenters. The van der Waals surface area contributed by atoms with E-state index >= 15 is 0 Å². The van der Waals surface area contributed by atoms with Crippen molar-refractivity contribution in [2.24, 2.45) is 0 Å². The maximum atomic E-state index is 9.89. The first-order valence-electron chi connectivity index (χ1n) is 8.95. The fraction of sp³-hybridized carbons (Fsp3) is 0.579. The fourth-order valence-corrected chi connectivity index (χ4v) is 4.26. The summed E-state index contributed by atoms with van der Waals surface area (Å²) in [5, 5.41) is 20.5. The van der Waals surface area contributed by atoms with Crippen molar-refractivity contribution in [2.75, 3.05) is 38.3 Å². The number of pyridine rings is 1. The topological polar surface area (TPSA) is 89.1 Å². The molecule has 1 fully saturated rings. The first kappa shape index (κ1) is 19.8. The van der Waals surface area contributed by atoms with E-state index in [0.29, 0.717) is 41.7 Å². The largest absolute Gasteiger partial charge is 0.480 e. The lowest BCUT2D eigenvalue weighted by atomic mass is 9.89. The Balaban J connectivity index is 2.14. The molecule has 8 heteroatoms. The number of hydrogen-bond acceptors (Lipinski definition) is 7. The lowest BCUT2D eigenvalue weighted by molar-refractivity contribution is -0.415. The molecular weight excluding hydrogens is 366 g/mol. The van der Waals surface area contributed by atoms with Crippen LogP contribution in [0.3, 0.4) is 0 Å². The summed E-state index contributed by atoms with van der Waals surface area (Å²) in [4.78, 5) is 6.26. The van der Waals surface area contributed by atoms with Crippen molar-refractivity contribution in [3.8, 4) is 6.07 Å². The minimum atomic E-state index is -0.330. The van der Waals surface area contributed by atoms with Gasteiger partial charge in [-0.1, -0.05) is 0 Å². The molecule has 2 N–H and O–H groups in total. The highest BCUT2D eigenvalue weighted by Crippen LogP contribution is 2.38. The highest BCUT2D eigenvalue weighted by Gasteiger charge is 2.36. The highest BCUT2D eigenvalue weighted by molar-refractivity contribution is 8.02. The minimum Gasteiger partial charge on any atom is -0.480 e. The number of aromatic amines is 1. The van der Waals surface area contributed by atoms with Gasteiger partial charge < -0.3 is 19.3 Å². The van der Waals surface area contributed by atoms with Crippen molar-refractivity contribution in [2.45, 2.75) is 44.4 Å². The van der Waals surface area contributed by atoms with Crippen LogP contribution in [0.4, 0.5) is 5.82 Å². The smallest absolute Gasteiger partial charge is 0.286 e. The molecule has 1 aromatic rings. The Bertz CT molecular complexity index is 795. The average molecular weight is 393 g/mol. The third-order valence-corrected chi connectivity index (χ3v) is 5.80. The van der Waals surface area contributed by atoms with E-state index in [1.54, 1.807) is 6.92 Å². The third kappa shape index (κ3) is 4.15. The lowest BCUT2D eigenvalue weighted by Crippen LogP contribution is -2.43. The second-order valence-electron chi connectivity index (χ2n) is 7.24. The second kappa shape index (κ2) is 7.97. The molecule has 1 saturated heterocycles. The molecule has 2 aliphatic rings. The second-order valence-corrected chi connectivity index (χ2v) is 8.46. The van der Waals surface area contributed by atoms with Crippen molar-refractivity contribution >= 4 is 17.6 Å². The molecule has 3 rings (SSSR count). The lowest BCUT2D eigenvalue weighted by Gasteiger charge is -2.34. The highest BCUT2D eigenvalue weighted by atomic mass is 32.2. The Morgan fingerprint density at radius 1 is 1.33 bits per heavy atom. The number of H-pyrrole nitrogens is 1. The molecule has 0 radical (unpaired) electrons. The van der Waals surface area contributed by atoms with Crippen LogP contribution >= 0.6 is 11.8 Å². The predicted molar refractivity (Wildman–Crippen MR) is 102 cm³/mol. The molecule has 0 unspecified atom stereocenters. The van der Waals surface area contributed by atoms with Gasteiger partial charge in [0.05, 0.1) is 43.0 Å². The zero-order chi connectivity index (χ0) is 19.6. The Labute approximate surface area is 163 Å². The molecule has 27 heavy (non-hydrogen) atoms. The van der Waals surface area contributed by atoms with Crippen LogP contribution in [0.25, 0.3) is 0 Å². The van der Waals surface area contributed by atoms with Crippen LogP contribution in [0.15, 0.2) is 15.9 Å². The number of anilines is 1. The van der Waals surface area contributed by atoms with Gasteiger partial charge in [-0.25, -0.2) is 4.98 Å². The zero-order valence-corrected chi connectivity index (χ0v) is 17.0. The van der Waals surface area contributed by atoms with Crippen molar-refractivity contribution in [1.29, 1.82) is 5.26 Å². The van der Waals surface area contributed by atoms with Gasteiger partial charge in [0, 0.05) is 6.42 Å². The minimum absolute atomic E-state index is 0.147. The average Bonchev–Trinajstić information content (AvgIpc) is 2.66. The first-order valence-corrected chi connectivity index (χ1v) is 9.77. The summed E-state index contributed by atoms with van der Waals surface area (Å²) in [7, 11) is 1.42. The van der Waals surface area contributed by atoms with Crippen LogP contribution in [-0.2, 0) is 27.2 Å². The number of ether oxygens (including phenoxy) is 3. The molecule has 0 spiro atoms. The van der Waals surface area contributed by atoms with E-state index in [4.69, 9.17) is 14.2 Å². The SMILES string of the molecule is CO/C(O)=C(\C)Sc1[nH+]c(N2CCOCC2)c2c(c1C#N)CC(C)(C)OC2. The molecule has 0 aliphatic carbocycles. The van der Waals surface area contributed by atoms with Crippen LogP contribution in [0.1, 0.15) is 37.5 Å². The molecule has 2 aliphatic heterocycles. The molecule has 7 nitrogen and oxygen atoms in total. The van der Waals surface area contributed by atoms with Gasteiger partial charge >= 0.3 is 0 Å². The summed E-state index contributed by atoms with van der Waals surface area (Å²) in [6.45, 7) is 9.19. The Morgan fingerprint density at radius 3 is 2.67 bits per heavy atom. The quantitative estimate of drug-likeness (QED) is 0.622. The van der Waals surface area contributed by atoms with Gasteiger partial charge in [0.2, 0.25) is 0 Å². The van der Waals surface area contributed by atoms with Gasteiger partial charge in [0.25, 0.3) is 11.8 Å². The number of methoxy groups -OCH3 is 1. The standard InChI is InChI=1S/C19H25N3O4S/c1-12(18(23)24-4)27-17-14(10-20)13-9-19(2,3)26-11-15(13)16(21-17)22-5-7-25-8-6-22/h23H,5-9,11H2,1-4H3/p+1/b18-12+. The van der Waals surface area contributed by atoms with Gasteiger partial charge in [-0.2, -0.15) is 5.26 Å². The number of hydrogen-bond donors (Lipinski definition) is 1. The van der Waals surface area contributed by atoms with Gasteiger partial charge in [-0.15, -0.1) is 0 Å². The van der Waals surface area contributed by atoms with E-state index < -0.39 is 0 Å². The number of fused-ring (bicyclic) bond motifs is 1. The molecule has 0 amide bonds. The Morgan fingerprint density at radius 2 is 2.04 bits per heavy atom. The molecular formula is C19H26N3O4S+. The van der Waals surface area contributed by atoms with Crippen molar-refractivity contribution in [1.82, 2.24) is 0 Å². The van der Waals surface area contributed by atoms with Crippen molar-refractivity contribution in [3.63, 3.8) is 0 Å². The summed E-state index contributed by atoms with van der Waals surface area (Å²) in [6, 6.07) is 2.36. The number of aliphatic hydroxyl groups is 1. The molecule has 0 saturated carbocycles. The Hall–Kier alpha value is -1.95. The van der Waals surface area contributed by atoms with Crippen LogP contribution in [0, 0.1) is 11.3 Å². The van der Waals surface area contributed by atoms with E-state index in [2.05, 4.69) is 16.0 Å². The van der Waals surface area contributed by atoms with E-state index in [-0.39, 0.29) is 11.5 Å². The number of allylic oxidation sites excluding steroid dienone is 1. The predicted octanol–water partition coefficient (Wildman–Crippen LogP) is 2.55. The number of nitriles is 1. The number of nitrogens with one attached hydrogen (secondary N) is 1. The van der Waals surface area contributed by atoms with E-state index in [0.717, 1.165) is 30.0 Å². The monoisotopic (exact) mass is 392 g/mol. The van der Waals surface area contributed by atoms with Gasteiger partial charge in [0.15, 0.2) is 5.03 Å².